The van der Waals surface area contributed by atoms with Crippen LogP contribution >= 0.6 is 0 Å². The number of hydrogen-bond donors (Lipinski definition) is 2. The highest BCUT2D eigenvalue weighted by Crippen LogP contribution is 2.25. The van der Waals surface area contributed by atoms with Gasteiger partial charge in [-0.15, -0.1) is 0 Å². The molecule has 0 fully saturated rings. The van der Waals surface area contributed by atoms with Gasteiger partial charge in [-0.25, -0.2) is 31.5 Å². The number of rotatable bonds is 8. The summed E-state index contributed by atoms with van der Waals surface area (Å²) in [7, 11) is -7.68. The molecule has 3 rings (SSSR count). The molecule has 10 nitrogen and oxygen atoms in total. The smallest absolute Gasteiger partial charge is 0.264 e. The molecule has 0 unspecified atom stereocenters. The van der Waals surface area contributed by atoms with Crippen molar-refractivity contribution in [1.29, 1.82) is 0 Å². The Labute approximate surface area is 205 Å². The van der Waals surface area contributed by atoms with Gasteiger partial charge in [0.25, 0.3) is 10.0 Å². The summed E-state index contributed by atoms with van der Waals surface area (Å²) in [5, 5.41) is 2.61. The average Bonchev–Trinajstić information content (AvgIpc) is 2.73. The van der Waals surface area contributed by atoms with Gasteiger partial charge in [0.15, 0.2) is 0 Å². The summed E-state index contributed by atoms with van der Waals surface area (Å²) in [5.41, 5.74) is 3.62. The molecule has 0 atom stereocenters. The fraction of sp³-hybridized carbons (Fsp3) is 0.261. The van der Waals surface area contributed by atoms with Crippen LogP contribution < -0.4 is 14.3 Å². The number of sulfonamides is 2. The minimum Gasteiger partial charge on any atom is -0.325 e. The Hall–Kier alpha value is -3.51. The molecular weight excluding hydrogens is 490 g/mol. The molecule has 35 heavy (non-hydrogen) atoms. The highest BCUT2D eigenvalue weighted by molar-refractivity contribution is 7.92. The van der Waals surface area contributed by atoms with Crippen molar-refractivity contribution in [3.63, 3.8) is 0 Å². The summed E-state index contributed by atoms with van der Waals surface area (Å²) in [4.78, 5) is 20.8. The van der Waals surface area contributed by atoms with E-state index in [0.29, 0.717) is 22.8 Å². The standard InChI is InChI=1S/C23H27N5O5S2/c1-15-7-6-8-21(18(15)4)28(34(5,30)31)14-22(29)26-19-9-11-20(12-10-19)35(32,33)27-23-24-16(2)13-17(3)25-23/h6-13H,14H2,1-5H3,(H,26,29)(H,24,25,27). The van der Waals surface area contributed by atoms with Gasteiger partial charge in [0.05, 0.1) is 16.8 Å². The normalized spacial score (nSPS) is 11.7. The summed E-state index contributed by atoms with van der Waals surface area (Å²) < 4.78 is 53.5. The molecule has 0 aliphatic rings. The molecule has 3 aromatic rings. The van der Waals surface area contributed by atoms with E-state index in [1.165, 1.54) is 24.3 Å². The SMILES string of the molecule is Cc1cc(C)nc(NS(=O)(=O)c2ccc(NC(=O)CN(c3cccc(C)c3C)S(C)(=O)=O)cc2)n1. The number of benzene rings is 2. The number of nitrogens with one attached hydrogen (secondary N) is 2. The van der Waals surface area contributed by atoms with Crippen LogP contribution in [0.1, 0.15) is 22.5 Å². The third-order valence-corrected chi connectivity index (χ3v) is 7.66. The van der Waals surface area contributed by atoms with Crippen LogP contribution in [0.5, 0.6) is 0 Å². The van der Waals surface area contributed by atoms with Crippen molar-refractivity contribution in [3.05, 3.63) is 71.0 Å². The molecule has 186 valence electrons. The minimum absolute atomic E-state index is 0.0350. The van der Waals surface area contributed by atoms with Crippen molar-refractivity contribution in [2.75, 3.05) is 27.1 Å². The molecule has 1 heterocycles. The molecule has 0 aliphatic heterocycles. The molecule has 2 N–H and O–H groups in total. The molecule has 0 bridgehead atoms. The van der Waals surface area contributed by atoms with Gasteiger partial charge >= 0.3 is 0 Å². The van der Waals surface area contributed by atoms with E-state index in [1.54, 1.807) is 39.0 Å². The van der Waals surface area contributed by atoms with Crippen LogP contribution in [-0.2, 0) is 24.8 Å². The van der Waals surface area contributed by atoms with Crippen LogP contribution in [0.25, 0.3) is 0 Å². The van der Waals surface area contributed by atoms with Crippen molar-refractivity contribution in [1.82, 2.24) is 9.97 Å². The summed E-state index contributed by atoms with van der Waals surface area (Å²) in [6.07, 6.45) is 1.04. The molecule has 0 spiro atoms. The fourth-order valence-corrected chi connectivity index (χ4v) is 5.24. The topological polar surface area (TPSA) is 138 Å². The monoisotopic (exact) mass is 517 g/mol. The van der Waals surface area contributed by atoms with Gasteiger partial charge in [0, 0.05) is 17.1 Å². The number of aryl methyl sites for hydroxylation is 3. The van der Waals surface area contributed by atoms with E-state index in [1.807, 2.05) is 13.0 Å². The third-order valence-electron chi connectivity index (χ3n) is 5.19. The first kappa shape index (κ1) is 26.1. The van der Waals surface area contributed by atoms with Gasteiger partial charge < -0.3 is 5.32 Å². The molecule has 12 heteroatoms. The number of amides is 1. The number of hydrogen-bond acceptors (Lipinski definition) is 7. The van der Waals surface area contributed by atoms with E-state index in [4.69, 9.17) is 0 Å². The van der Waals surface area contributed by atoms with E-state index in [9.17, 15) is 21.6 Å². The minimum atomic E-state index is -3.95. The molecule has 2 aromatic carbocycles. The summed E-state index contributed by atoms with van der Waals surface area (Å²) >= 11 is 0. The molecule has 1 amide bonds. The Morgan fingerprint density at radius 2 is 1.51 bits per heavy atom. The zero-order chi connectivity index (χ0) is 26.0. The van der Waals surface area contributed by atoms with E-state index in [0.717, 1.165) is 21.7 Å². The lowest BCUT2D eigenvalue weighted by atomic mass is 10.1. The second-order valence-electron chi connectivity index (χ2n) is 8.14. The van der Waals surface area contributed by atoms with Crippen LogP contribution in [0.2, 0.25) is 0 Å². The first-order valence-electron chi connectivity index (χ1n) is 10.6. The van der Waals surface area contributed by atoms with E-state index in [2.05, 4.69) is 20.0 Å². The van der Waals surface area contributed by atoms with Crippen molar-refractivity contribution in [2.45, 2.75) is 32.6 Å². The number of carbonyl (C=O) groups is 1. The Bertz CT molecular complexity index is 1450. The number of carbonyl (C=O) groups excluding carboxylic acids is 1. The predicted molar refractivity (Wildman–Crippen MR) is 135 cm³/mol. The maximum absolute atomic E-state index is 12.7. The van der Waals surface area contributed by atoms with Crippen LogP contribution in [0.3, 0.4) is 0 Å². The zero-order valence-corrected chi connectivity index (χ0v) is 21.7. The maximum Gasteiger partial charge on any atom is 0.264 e. The predicted octanol–water partition coefficient (Wildman–Crippen LogP) is 2.92. The van der Waals surface area contributed by atoms with Crippen molar-refractivity contribution < 1.29 is 21.6 Å². The molecule has 1 aromatic heterocycles. The second kappa shape index (κ2) is 10.0. The first-order valence-corrected chi connectivity index (χ1v) is 13.9. The zero-order valence-electron chi connectivity index (χ0n) is 20.0. The molecule has 0 saturated heterocycles. The number of anilines is 3. The Balaban J connectivity index is 1.75. The van der Waals surface area contributed by atoms with Gasteiger partial charge in [-0.1, -0.05) is 12.1 Å². The highest BCUT2D eigenvalue weighted by atomic mass is 32.2. The van der Waals surface area contributed by atoms with Gasteiger partial charge in [-0.3, -0.25) is 9.10 Å². The van der Waals surface area contributed by atoms with Gasteiger partial charge in [-0.2, -0.15) is 0 Å². The summed E-state index contributed by atoms with van der Waals surface area (Å²) in [6.45, 7) is 6.67. The van der Waals surface area contributed by atoms with E-state index in [-0.39, 0.29) is 10.8 Å². The number of nitrogens with zero attached hydrogens (tertiary/aromatic N) is 3. The molecule has 0 saturated carbocycles. The quantitative estimate of drug-likeness (QED) is 0.468. The summed E-state index contributed by atoms with van der Waals surface area (Å²) in [6, 6.07) is 12.4. The lowest BCUT2D eigenvalue weighted by molar-refractivity contribution is -0.114. The maximum atomic E-state index is 12.7. The second-order valence-corrected chi connectivity index (χ2v) is 11.7. The largest absolute Gasteiger partial charge is 0.325 e. The van der Waals surface area contributed by atoms with Gasteiger partial charge in [-0.05, 0) is 75.2 Å². The third kappa shape index (κ3) is 6.55. The van der Waals surface area contributed by atoms with E-state index >= 15 is 0 Å². The van der Waals surface area contributed by atoms with Crippen LogP contribution in [0, 0.1) is 27.7 Å². The Kier molecular flexibility index (Phi) is 7.46. The molecular formula is C23H27N5O5S2. The highest BCUT2D eigenvalue weighted by Gasteiger charge is 2.23. The van der Waals surface area contributed by atoms with Gasteiger partial charge in [0.2, 0.25) is 21.9 Å². The average molecular weight is 518 g/mol. The summed E-state index contributed by atoms with van der Waals surface area (Å²) in [5.74, 6) is -0.610. The molecule has 0 radical (unpaired) electrons. The van der Waals surface area contributed by atoms with Crippen molar-refractivity contribution in [2.24, 2.45) is 0 Å². The number of aromatic nitrogens is 2. The van der Waals surface area contributed by atoms with Crippen LogP contribution in [-0.4, -0.2) is 45.5 Å². The Morgan fingerprint density at radius 3 is 2.09 bits per heavy atom. The lowest BCUT2D eigenvalue weighted by Gasteiger charge is -2.24. The fourth-order valence-electron chi connectivity index (χ4n) is 3.39. The molecule has 0 aliphatic carbocycles. The lowest BCUT2D eigenvalue weighted by Crippen LogP contribution is -2.38. The van der Waals surface area contributed by atoms with Gasteiger partial charge in [0.1, 0.15) is 6.54 Å². The van der Waals surface area contributed by atoms with Crippen LogP contribution in [0.4, 0.5) is 17.3 Å². The first-order chi connectivity index (χ1) is 16.3. The van der Waals surface area contributed by atoms with Crippen molar-refractivity contribution in [3.8, 4) is 0 Å². The Morgan fingerprint density at radius 1 is 0.914 bits per heavy atom. The van der Waals surface area contributed by atoms with Crippen molar-refractivity contribution >= 4 is 43.3 Å². The van der Waals surface area contributed by atoms with Crippen LogP contribution in [0.15, 0.2) is 53.4 Å². The van der Waals surface area contributed by atoms with E-state index < -0.39 is 32.5 Å².